The molecule has 0 spiro atoms. The average molecular weight is 228 g/mol. The number of aliphatic hydroxyl groups excluding tert-OH is 1. The molecule has 0 amide bonds. The predicted molar refractivity (Wildman–Crippen MR) is 68.3 cm³/mol. The van der Waals surface area contributed by atoms with Crippen LogP contribution in [0.1, 0.15) is 39.5 Å². The van der Waals surface area contributed by atoms with Crippen LogP contribution >= 0.6 is 0 Å². The molecule has 0 aromatic heterocycles. The normalized spacial score (nSPS) is 23.6. The lowest BCUT2D eigenvalue weighted by atomic mass is 9.88. The lowest BCUT2D eigenvalue weighted by molar-refractivity contribution is 0.116. The Kier molecular flexibility index (Phi) is 5.73. The van der Waals surface area contributed by atoms with Crippen LogP contribution in [0, 0.1) is 11.3 Å². The second-order valence-electron chi connectivity index (χ2n) is 5.96. The number of nitrogens with zero attached hydrogens (tertiary/aromatic N) is 1. The fourth-order valence-corrected chi connectivity index (χ4v) is 2.39. The highest BCUT2D eigenvalue weighted by molar-refractivity contribution is 4.74. The molecule has 3 nitrogen and oxygen atoms in total. The molecule has 1 aliphatic heterocycles. The predicted octanol–water partition coefficient (Wildman–Crippen LogP) is 1.46. The molecule has 1 aliphatic rings. The van der Waals surface area contributed by atoms with E-state index in [4.69, 9.17) is 10.8 Å². The standard InChI is InChI=1S/C13H28N2O/c1-13(2,11-14)6-4-8-15-7-3-5-12(9-15)10-16/h12,16H,3-11,14H2,1-2H3. The van der Waals surface area contributed by atoms with E-state index in [9.17, 15) is 0 Å². The number of aliphatic hydroxyl groups is 1. The van der Waals surface area contributed by atoms with Crippen molar-refractivity contribution in [1.29, 1.82) is 0 Å². The Bertz CT molecular complexity index is 194. The first kappa shape index (κ1) is 13.9. The summed E-state index contributed by atoms with van der Waals surface area (Å²) in [5, 5.41) is 9.16. The van der Waals surface area contributed by atoms with Crippen LogP contribution in [0.3, 0.4) is 0 Å². The number of rotatable bonds is 6. The molecule has 3 N–H and O–H groups in total. The maximum absolute atomic E-state index is 9.16. The number of likely N-dealkylation sites (tertiary alicyclic amines) is 1. The summed E-state index contributed by atoms with van der Waals surface area (Å²) >= 11 is 0. The molecule has 0 radical (unpaired) electrons. The van der Waals surface area contributed by atoms with Crippen LogP contribution < -0.4 is 5.73 Å². The first-order valence-corrected chi connectivity index (χ1v) is 6.61. The summed E-state index contributed by atoms with van der Waals surface area (Å²) in [5.41, 5.74) is 6.01. The number of hydrogen-bond donors (Lipinski definition) is 2. The van der Waals surface area contributed by atoms with Gasteiger partial charge in [0.05, 0.1) is 0 Å². The molecule has 1 heterocycles. The van der Waals surface area contributed by atoms with Gasteiger partial charge in [-0.1, -0.05) is 13.8 Å². The molecule has 1 atom stereocenters. The third kappa shape index (κ3) is 4.81. The van der Waals surface area contributed by atoms with E-state index >= 15 is 0 Å². The lowest BCUT2D eigenvalue weighted by Gasteiger charge is -2.32. The molecule has 0 aromatic rings. The summed E-state index contributed by atoms with van der Waals surface area (Å²) in [6.45, 7) is 9.05. The van der Waals surface area contributed by atoms with Crippen LogP contribution in [0.15, 0.2) is 0 Å². The minimum Gasteiger partial charge on any atom is -0.396 e. The van der Waals surface area contributed by atoms with Crippen molar-refractivity contribution < 1.29 is 5.11 Å². The van der Waals surface area contributed by atoms with E-state index in [2.05, 4.69) is 18.7 Å². The summed E-state index contributed by atoms with van der Waals surface area (Å²) in [6, 6.07) is 0. The van der Waals surface area contributed by atoms with E-state index in [0.29, 0.717) is 12.5 Å². The van der Waals surface area contributed by atoms with Gasteiger partial charge in [0.15, 0.2) is 0 Å². The van der Waals surface area contributed by atoms with Gasteiger partial charge >= 0.3 is 0 Å². The van der Waals surface area contributed by atoms with Crippen molar-refractivity contribution in [2.24, 2.45) is 17.1 Å². The first-order chi connectivity index (χ1) is 7.57. The molecule has 0 bridgehead atoms. The van der Waals surface area contributed by atoms with Crippen molar-refractivity contribution in [3.05, 3.63) is 0 Å². The van der Waals surface area contributed by atoms with Crippen molar-refractivity contribution >= 4 is 0 Å². The second kappa shape index (κ2) is 6.58. The fraction of sp³-hybridized carbons (Fsp3) is 1.00. The van der Waals surface area contributed by atoms with Crippen LogP contribution in [-0.2, 0) is 0 Å². The zero-order valence-electron chi connectivity index (χ0n) is 10.9. The van der Waals surface area contributed by atoms with E-state index in [1.807, 2.05) is 0 Å². The molecule has 0 aromatic carbocycles. The van der Waals surface area contributed by atoms with Gasteiger partial charge in [-0.15, -0.1) is 0 Å². The summed E-state index contributed by atoms with van der Waals surface area (Å²) < 4.78 is 0. The van der Waals surface area contributed by atoms with Crippen LogP contribution in [-0.4, -0.2) is 42.8 Å². The molecule has 96 valence electrons. The fourth-order valence-electron chi connectivity index (χ4n) is 2.39. The summed E-state index contributed by atoms with van der Waals surface area (Å²) in [6.07, 6.45) is 4.86. The van der Waals surface area contributed by atoms with E-state index < -0.39 is 0 Å². The van der Waals surface area contributed by atoms with Crippen LogP contribution in [0.25, 0.3) is 0 Å². The smallest absolute Gasteiger partial charge is 0.0471 e. The van der Waals surface area contributed by atoms with Crippen molar-refractivity contribution in [3.63, 3.8) is 0 Å². The zero-order chi connectivity index (χ0) is 12.0. The van der Waals surface area contributed by atoms with Crippen molar-refractivity contribution in [2.75, 3.05) is 32.8 Å². The lowest BCUT2D eigenvalue weighted by Crippen LogP contribution is -2.37. The molecule has 1 fully saturated rings. The van der Waals surface area contributed by atoms with Gasteiger partial charge in [-0.05, 0) is 56.7 Å². The molecule has 1 rings (SSSR count). The molecule has 16 heavy (non-hydrogen) atoms. The maximum atomic E-state index is 9.16. The topological polar surface area (TPSA) is 49.5 Å². The van der Waals surface area contributed by atoms with Crippen molar-refractivity contribution in [1.82, 2.24) is 4.90 Å². The quantitative estimate of drug-likeness (QED) is 0.723. The van der Waals surface area contributed by atoms with E-state index in [1.165, 1.54) is 38.8 Å². The van der Waals surface area contributed by atoms with Crippen LogP contribution in [0.5, 0.6) is 0 Å². The minimum atomic E-state index is 0.284. The Morgan fingerprint density at radius 1 is 1.44 bits per heavy atom. The van der Waals surface area contributed by atoms with Crippen LogP contribution in [0.4, 0.5) is 0 Å². The highest BCUT2D eigenvalue weighted by Gasteiger charge is 2.20. The number of hydrogen-bond acceptors (Lipinski definition) is 3. The molecule has 3 heteroatoms. The van der Waals surface area contributed by atoms with Crippen LogP contribution in [0.2, 0.25) is 0 Å². The van der Waals surface area contributed by atoms with Gasteiger partial charge in [0.25, 0.3) is 0 Å². The Labute approximate surface area is 100 Å². The molecular weight excluding hydrogens is 200 g/mol. The molecular formula is C13H28N2O. The Balaban J connectivity index is 2.17. The third-order valence-corrected chi connectivity index (χ3v) is 3.74. The first-order valence-electron chi connectivity index (χ1n) is 6.61. The van der Waals surface area contributed by atoms with Gasteiger partial charge in [0.1, 0.15) is 0 Å². The summed E-state index contributed by atoms with van der Waals surface area (Å²) in [7, 11) is 0. The monoisotopic (exact) mass is 228 g/mol. The van der Waals surface area contributed by atoms with Gasteiger partial charge in [0, 0.05) is 13.2 Å². The Morgan fingerprint density at radius 3 is 2.81 bits per heavy atom. The van der Waals surface area contributed by atoms with Gasteiger partial charge in [-0.3, -0.25) is 0 Å². The largest absolute Gasteiger partial charge is 0.396 e. The van der Waals surface area contributed by atoms with Gasteiger partial charge < -0.3 is 15.7 Å². The van der Waals surface area contributed by atoms with Gasteiger partial charge in [0.2, 0.25) is 0 Å². The number of piperidine rings is 1. The van der Waals surface area contributed by atoms with E-state index in [-0.39, 0.29) is 5.41 Å². The van der Waals surface area contributed by atoms with Gasteiger partial charge in [-0.2, -0.15) is 0 Å². The molecule has 0 saturated carbocycles. The Hall–Kier alpha value is -0.120. The molecule has 1 saturated heterocycles. The zero-order valence-corrected chi connectivity index (χ0v) is 10.9. The summed E-state index contributed by atoms with van der Waals surface area (Å²) in [4.78, 5) is 2.50. The Morgan fingerprint density at radius 2 is 2.19 bits per heavy atom. The average Bonchev–Trinajstić information content (AvgIpc) is 2.29. The maximum Gasteiger partial charge on any atom is 0.0471 e. The van der Waals surface area contributed by atoms with E-state index in [1.54, 1.807) is 0 Å². The molecule has 0 aliphatic carbocycles. The SMILES string of the molecule is CC(C)(CN)CCCN1CCCC(CO)C1. The third-order valence-electron chi connectivity index (χ3n) is 3.74. The number of nitrogens with two attached hydrogens (primary N) is 1. The highest BCUT2D eigenvalue weighted by Crippen LogP contribution is 2.22. The summed E-state index contributed by atoms with van der Waals surface area (Å²) in [5.74, 6) is 0.510. The molecule has 1 unspecified atom stereocenters. The second-order valence-corrected chi connectivity index (χ2v) is 5.96. The van der Waals surface area contributed by atoms with Gasteiger partial charge in [-0.25, -0.2) is 0 Å². The van der Waals surface area contributed by atoms with E-state index in [0.717, 1.165) is 13.1 Å². The van der Waals surface area contributed by atoms with Crippen molar-refractivity contribution in [2.45, 2.75) is 39.5 Å². The minimum absolute atomic E-state index is 0.284. The van der Waals surface area contributed by atoms with Crippen molar-refractivity contribution in [3.8, 4) is 0 Å². The highest BCUT2D eigenvalue weighted by atomic mass is 16.3.